The van der Waals surface area contributed by atoms with Crippen LogP contribution < -0.4 is 0 Å². The Kier molecular flexibility index (Phi) is 4.01. The molecule has 14 heavy (non-hydrogen) atoms. The van der Waals surface area contributed by atoms with E-state index in [2.05, 4.69) is 0 Å². The molecule has 1 amide bonds. The maximum atomic E-state index is 11.8. The highest BCUT2D eigenvalue weighted by Crippen LogP contribution is 2.13. The van der Waals surface area contributed by atoms with Crippen molar-refractivity contribution in [1.82, 2.24) is 4.90 Å². The van der Waals surface area contributed by atoms with E-state index < -0.39 is 0 Å². The molecule has 0 spiro atoms. The lowest BCUT2D eigenvalue weighted by molar-refractivity contribution is 0.0801. The van der Waals surface area contributed by atoms with Crippen LogP contribution in [0.4, 0.5) is 0 Å². The Morgan fingerprint density at radius 2 is 2.36 bits per heavy atom. The van der Waals surface area contributed by atoms with Gasteiger partial charge in [-0.05, 0) is 6.07 Å². The molecule has 1 aromatic heterocycles. The summed E-state index contributed by atoms with van der Waals surface area (Å²) in [4.78, 5) is 13.4. The molecule has 3 nitrogen and oxygen atoms in total. The Hall–Kier alpha value is -0.960. The number of hydrogen-bond acceptors (Lipinski definition) is 2. The van der Waals surface area contributed by atoms with Crippen LogP contribution in [0.15, 0.2) is 16.7 Å². The zero-order chi connectivity index (χ0) is 10.6. The van der Waals surface area contributed by atoms with E-state index in [0.29, 0.717) is 18.0 Å². The van der Waals surface area contributed by atoms with Gasteiger partial charge in [-0.15, -0.1) is 11.6 Å². The normalized spacial score (nSPS) is 10.2. The van der Waals surface area contributed by atoms with Gasteiger partial charge in [-0.1, -0.05) is 6.92 Å². The first-order chi connectivity index (χ1) is 6.70. The number of carbonyl (C=O) groups excluding carboxylic acids is 1. The van der Waals surface area contributed by atoms with Gasteiger partial charge in [-0.3, -0.25) is 4.79 Å². The van der Waals surface area contributed by atoms with Crippen LogP contribution in [0.1, 0.15) is 23.0 Å². The number of alkyl halides is 1. The fraction of sp³-hybridized carbons (Fsp3) is 0.500. The lowest BCUT2D eigenvalue weighted by atomic mass is 10.2. The van der Waals surface area contributed by atoms with E-state index in [-0.39, 0.29) is 5.91 Å². The summed E-state index contributed by atoms with van der Waals surface area (Å²) in [6.45, 7) is 2.51. The van der Waals surface area contributed by atoms with Gasteiger partial charge in [-0.2, -0.15) is 0 Å². The maximum absolute atomic E-state index is 11.8. The molecule has 0 aliphatic carbocycles. The van der Waals surface area contributed by atoms with Crippen LogP contribution in [-0.4, -0.2) is 30.3 Å². The first kappa shape index (κ1) is 11.1. The number of amides is 1. The van der Waals surface area contributed by atoms with Gasteiger partial charge >= 0.3 is 0 Å². The van der Waals surface area contributed by atoms with Crippen LogP contribution in [-0.2, 0) is 6.42 Å². The Morgan fingerprint density at radius 3 is 2.93 bits per heavy atom. The summed E-state index contributed by atoms with van der Waals surface area (Å²) in [6.07, 6.45) is 2.27. The van der Waals surface area contributed by atoms with Crippen molar-refractivity contribution in [2.75, 3.05) is 19.5 Å². The lowest BCUT2D eigenvalue weighted by Crippen LogP contribution is -2.28. The van der Waals surface area contributed by atoms with Crippen molar-refractivity contribution in [1.29, 1.82) is 0 Å². The maximum Gasteiger partial charge on any atom is 0.257 e. The van der Waals surface area contributed by atoms with Gasteiger partial charge < -0.3 is 9.32 Å². The van der Waals surface area contributed by atoms with Crippen molar-refractivity contribution < 1.29 is 9.21 Å². The number of rotatable bonds is 4. The van der Waals surface area contributed by atoms with Gasteiger partial charge in [0.05, 0.1) is 11.8 Å². The molecule has 4 heteroatoms. The number of hydrogen-bond donors (Lipinski definition) is 0. The second-order valence-corrected chi connectivity index (χ2v) is 3.40. The molecule has 1 rings (SSSR count). The first-order valence-corrected chi connectivity index (χ1v) is 5.12. The van der Waals surface area contributed by atoms with Crippen LogP contribution in [0, 0.1) is 0 Å². The third-order valence-electron chi connectivity index (χ3n) is 2.06. The monoisotopic (exact) mass is 215 g/mol. The first-order valence-electron chi connectivity index (χ1n) is 4.58. The van der Waals surface area contributed by atoms with Crippen LogP contribution >= 0.6 is 11.6 Å². The summed E-state index contributed by atoms with van der Waals surface area (Å²) >= 11 is 5.56. The van der Waals surface area contributed by atoms with Crippen LogP contribution in [0.3, 0.4) is 0 Å². The topological polar surface area (TPSA) is 33.5 Å². The van der Waals surface area contributed by atoms with Gasteiger partial charge in [0.2, 0.25) is 0 Å². The molecule has 0 radical (unpaired) electrons. The molecular weight excluding hydrogens is 202 g/mol. The molecule has 0 bridgehead atoms. The highest BCUT2D eigenvalue weighted by atomic mass is 35.5. The standard InChI is InChI=1S/C10H14ClNO2/c1-3-9-8(4-7-14-9)10(13)12(2)6-5-11/h4,7H,3,5-6H2,1-2H3. The summed E-state index contributed by atoms with van der Waals surface area (Å²) in [5, 5.41) is 0. The summed E-state index contributed by atoms with van der Waals surface area (Å²) in [7, 11) is 1.73. The average molecular weight is 216 g/mol. The molecule has 0 N–H and O–H groups in total. The smallest absolute Gasteiger partial charge is 0.257 e. The molecular formula is C10H14ClNO2. The predicted molar refractivity (Wildman–Crippen MR) is 55.8 cm³/mol. The minimum atomic E-state index is -0.0312. The van der Waals surface area contributed by atoms with Gasteiger partial charge in [0.1, 0.15) is 5.76 Å². The minimum Gasteiger partial charge on any atom is -0.469 e. The fourth-order valence-corrected chi connectivity index (χ4v) is 1.49. The number of furan rings is 1. The highest BCUT2D eigenvalue weighted by Gasteiger charge is 2.16. The Labute approximate surface area is 88.6 Å². The molecule has 0 aliphatic heterocycles. The van der Waals surface area contributed by atoms with Crippen molar-refractivity contribution in [2.24, 2.45) is 0 Å². The van der Waals surface area contributed by atoms with Crippen LogP contribution in [0.2, 0.25) is 0 Å². The Bertz CT molecular complexity index is 309. The summed E-state index contributed by atoms with van der Waals surface area (Å²) in [6, 6.07) is 1.70. The average Bonchev–Trinajstić information content (AvgIpc) is 2.64. The molecule has 0 aromatic carbocycles. The quantitative estimate of drug-likeness (QED) is 0.722. The second-order valence-electron chi connectivity index (χ2n) is 3.03. The van der Waals surface area contributed by atoms with E-state index in [0.717, 1.165) is 12.2 Å². The number of nitrogens with zero attached hydrogens (tertiary/aromatic N) is 1. The van der Waals surface area contributed by atoms with E-state index in [4.69, 9.17) is 16.0 Å². The summed E-state index contributed by atoms with van der Waals surface area (Å²) in [5.41, 5.74) is 0.639. The van der Waals surface area contributed by atoms with Gasteiger partial charge in [0, 0.05) is 25.9 Å². The Morgan fingerprint density at radius 1 is 1.64 bits per heavy atom. The predicted octanol–water partition coefficient (Wildman–Crippen LogP) is 2.15. The molecule has 1 aromatic rings. The number of halogens is 1. The Balaban J connectivity index is 2.78. The molecule has 78 valence electrons. The third-order valence-corrected chi connectivity index (χ3v) is 2.23. The van der Waals surface area contributed by atoms with E-state index >= 15 is 0 Å². The molecule has 0 saturated heterocycles. The highest BCUT2D eigenvalue weighted by molar-refractivity contribution is 6.18. The summed E-state index contributed by atoms with van der Waals surface area (Å²) in [5.74, 6) is 1.15. The number of aryl methyl sites for hydroxylation is 1. The van der Waals surface area contributed by atoms with E-state index in [1.165, 1.54) is 0 Å². The molecule has 0 atom stereocenters. The van der Waals surface area contributed by atoms with Crippen molar-refractivity contribution in [3.8, 4) is 0 Å². The molecule has 0 aliphatic rings. The molecule has 0 fully saturated rings. The van der Waals surface area contributed by atoms with Crippen molar-refractivity contribution in [2.45, 2.75) is 13.3 Å². The van der Waals surface area contributed by atoms with Crippen molar-refractivity contribution in [3.05, 3.63) is 23.7 Å². The number of carbonyl (C=O) groups is 1. The van der Waals surface area contributed by atoms with E-state index in [1.54, 1.807) is 24.3 Å². The van der Waals surface area contributed by atoms with Crippen LogP contribution in [0.5, 0.6) is 0 Å². The lowest BCUT2D eigenvalue weighted by Gasteiger charge is -2.14. The molecule has 1 heterocycles. The van der Waals surface area contributed by atoms with E-state index in [9.17, 15) is 4.79 Å². The zero-order valence-corrected chi connectivity index (χ0v) is 9.17. The zero-order valence-electron chi connectivity index (χ0n) is 8.42. The van der Waals surface area contributed by atoms with Gasteiger partial charge in [0.25, 0.3) is 5.91 Å². The van der Waals surface area contributed by atoms with Crippen molar-refractivity contribution >= 4 is 17.5 Å². The third kappa shape index (κ3) is 2.29. The SMILES string of the molecule is CCc1occc1C(=O)N(C)CCCl. The van der Waals surface area contributed by atoms with Gasteiger partial charge in [0.15, 0.2) is 0 Å². The molecule has 0 saturated carbocycles. The van der Waals surface area contributed by atoms with Crippen LogP contribution in [0.25, 0.3) is 0 Å². The molecule has 0 unspecified atom stereocenters. The second kappa shape index (κ2) is 5.05. The summed E-state index contributed by atoms with van der Waals surface area (Å²) < 4.78 is 5.18. The van der Waals surface area contributed by atoms with E-state index in [1.807, 2.05) is 6.92 Å². The van der Waals surface area contributed by atoms with Crippen molar-refractivity contribution in [3.63, 3.8) is 0 Å². The van der Waals surface area contributed by atoms with Gasteiger partial charge in [-0.25, -0.2) is 0 Å². The minimum absolute atomic E-state index is 0.0312. The fourth-order valence-electron chi connectivity index (χ4n) is 1.24. The largest absolute Gasteiger partial charge is 0.469 e.